The molecule has 68 valence electrons. The zero-order valence-corrected chi connectivity index (χ0v) is 7.71. The molecule has 2 bridgehead atoms. The predicted molar refractivity (Wildman–Crippen MR) is 46.8 cm³/mol. The summed E-state index contributed by atoms with van der Waals surface area (Å²) in [5.41, 5.74) is 0. The van der Waals surface area contributed by atoms with Crippen molar-refractivity contribution in [2.75, 3.05) is 6.54 Å². The molecule has 2 aliphatic rings. The van der Waals surface area contributed by atoms with Crippen LogP contribution >= 0.6 is 0 Å². The lowest BCUT2D eigenvalue weighted by atomic mass is 10.0. The maximum Gasteiger partial charge on any atom is 0.224 e. The number of hydrogen-bond acceptors (Lipinski definition) is 2. The van der Waals surface area contributed by atoms with Crippen molar-refractivity contribution in [1.29, 1.82) is 0 Å². The summed E-state index contributed by atoms with van der Waals surface area (Å²) in [6.07, 6.45) is 1.86. The Labute approximate surface area is 73.1 Å². The lowest BCUT2D eigenvalue weighted by Gasteiger charge is -2.35. The van der Waals surface area contributed by atoms with Crippen LogP contribution in [0.5, 0.6) is 0 Å². The Balaban J connectivity index is 2.15. The number of nitrogens with one attached hydrogen (secondary N) is 1. The van der Waals surface area contributed by atoms with E-state index in [0.717, 1.165) is 13.0 Å². The molecule has 0 aromatic carbocycles. The van der Waals surface area contributed by atoms with Crippen molar-refractivity contribution in [2.24, 2.45) is 0 Å². The van der Waals surface area contributed by atoms with Crippen molar-refractivity contribution in [3.05, 3.63) is 0 Å². The number of piperidine rings is 1. The molecule has 2 unspecified atom stereocenters. The summed E-state index contributed by atoms with van der Waals surface area (Å²) in [5, 5.41) is 3.37. The molecule has 12 heavy (non-hydrogen) atoms. The molecular weight excluding hydrogens is 152 g/mol. The molecule has 2 fully saturated rings. The van der Waals surface area contributed by atoms with Crippen molar-refractivity contribution in [2.45, 2.75) is 44.8 Å². The Hall–Kier alpha value is -0.570. The minimum absolute atomic E-state index is 0.330. The van der Waals surface area contributed by atoms with Gasteiger partial charge in [-0.25, -0.2) is 0 Å². The van der Waals surface area contributed by atoms with Crippen LogP contribution in [0.15, 0.2) is 0 Å². The highest BCUT2D eigenvalue weighted by Crippen LogP contribution is 2.25. The monoisotopic (exact) mass is 168 g/mol. The van der Waals surface area contributed by atoms with E-state index in [1.54, 1.807) is 0 Å². The van der Waals surface area contributed by atoms with Gasteiger partial charge in [0.15, 0.2) is 0 Å². The number of rotatable bonds is 1. The van der Waals surface area contributed by atoms with Gasteiger partial charge in [-0.1, -0.05) is 0 Å². The lowest BCUT2D eigenvalue weighted by molar-refractivity contribution is -0.137. The van der Waals surface area contributed by atoms with E-state index in [4.69, 9.17) is 0 Å². The molecular formula is C9H16N2O. The number of nitrogens with zero attached hydrogens (tertiary/aromatic N) is 1. The molecule has 0 saturated carbocycles. The molecule has 2 saturated heterocycles. The summed E-state index contributed by atoms with van der Waals surface area (Å²) >= 11 is 0. The fourth-order valence-corrected chi connectivity index (χ4v) is 2.39. The molecule has 3 nitrogen and oxygen atoms in total. The van der Waals surface area contributed by atoms with Gasteiger partial charge in [0, 0.05) is 31.1 Å². The Morgan fingerprint density at radius 1 is 1.58 bits per heavy atom. The normalized spacial score (nSPS) is 34.9. The summed E-state index contributed by atoms with van der Waals surface area (Å²) in [4.78, 5) is 13.6. The minimum atomic E-state index is 0.330. The van der Waals surface area contributed by atoms with Crippen LogP contribution < -0.4 is 5.32 Å². The van der Waals surface area contributed by atoms with E-state index in [2.05, 4.69) is 19.2 Å². The van der Waals surface area contributed by atoms with Crippen molar-refractivity contribution in [3.63, 3.8) is 0 Å². The number of amides is 1. The fraction of sp³-hybridized carbons (Fsp3) is 0.889. The third-order valence-corrected chi connectivity index (χ3v) is 2.86. The van der Waals surface area contributed by atoms with Crippen LogP contribution in [0.3, 0.4) is 0 Å². The minimum Gasteiger partial charge on any atom is -0.336 e. The fourth-order valence-electron chi connectivity index (χ4n) is 2.39. The number of fused-ring (bicyclic) bond motifs is 2. The average Bonchev–Trinajstić information content (AvgIpc) is 2.31. The molecule has 1 amide bonds. The Bertz CT molecular complexity index is 203. The van der Waals surface area contributed by atoms with Crippen LogP contribution in [0.25, 0.3) is 0 Å². The van der Waals surface area contributed by atoms with Gasteiger partial charge in [-0.2, -0.15) is 0 Å². The second-order valence-corrected chi connectivity index (χ2v) is 4.09. The summed E-state index contributed by atoms with van der Waals surface area (Å²) in [5.74, 6) is 0.330. The first-order valence-electron chi connectivity index (χ1n) is 4.73. The van der Waals surface area contributed by atoms with E-state index in [9.17, 15) is 4.79 Å². The van der Waals surface area contributed by atoms with Crippen LogP contribution in [-0.4, -0.2) is 35.5 Å². The first kappa shape index (κ1) is 8.05. The van der Waals surface area contributed by atoms with Crippen molar-refractivity contribution < 1.29 is 4.79 Å². The Morgan fingerprint density at radius 2 is 2.33 bits per heavy atom. The average molecular weight is 168 g/mol. The predicted octanol–water partition coefficient (Wildman–Crippen LogP) is 0.358. The van der Waals surface area contributed by atoms with Gasteiger partial charge in [0.1, 0.15) is 0 Å². The van der Waals surface area contributed by atoms with Crippen molar-refractivity contribution in [1.82, 2.24) is 10.2 Å². The molecule has 2 aliphatic heterocycles. The highest BCUT2D eigenvalue weighted by Gasteiger charge is 2.39. The van der Waals surface area contributed by atoms with Gasteiger partial charge in [-0.05, 0) is 20.3 Å². The van der Waals surface area contributed by atoms with E-state index < -0.39 is 0 Å². The molecule has 2 atom stereocenters. The van der Waals surface area contributed by atoms with Gasteiger partial charge in [0.2, 0.25) is 5.91 Å². The molecule has 2 heterocycles. The Kier molecular flexibility index (Phi) is 1.83. The molecule has 3 heteroatoms. The van der Waals surface area contributed by atoms with Crippen molar-refractivity contribution >= 4 is 5.91 Å². The van der Waals surface area contributed by atoms with Gasteiger partial charge in [-0.15, -0.1) is 0 Å². The standard InChI is InChI=1S/C9H16N2O/c1-6(2)11-8-3-7(10-5-8)4-9(11)12/h6-8,10H,3-5H2,1-2H3. The highest BCUT2D eigenvalue weighted by atomic mass is 16.2. The van der Waals surface area contributed by atoms with Crippen molar-refractivity contribution in [3.8, 4) is 0 Å². The lowest BCUT2D eigenvalue weighted by Crippen LogP contribution is -2.48. The Morgan fingerprint density at radius 3 is 3.00 bits per heavy atom. The van der Waals surface area contributed by atoms with E-state index in [-0.39, 0.29) is 0 Å². The topological polar surface area (TPSA) is 32.3 Å². The second kappa shape index (κ2) is 2.73. The number of carbonyl (C=O) groups is 1. The van der Waals surface area contributed by atoms with E-state index in [0.29, 0.717) is 30.5 Å². The van der Waals surface area contributed by atoms with Crippen LogP contribution in [0.1, 0.15) is 26.7 Å². The summed E-state index contributed by atoms with van der Waals surface area (Å²) in [6, 6.07) is 1.30. The van der Waals surface area contributed by atoms with E-state index >= 15 is 0 Å². The largest absolute Gasteiger partial charge is 0.336 e. The van der Waals surface area contributed by atoms with Crippen LogP contribution in [0.2, 0.25) is 0 Å². The van der Waals surface area contributed by atoms with Gasteiger partial charge in [-0.3, -0.25) is 4.79 Å². The zero-order valence-electron chi connectivity index (χ0n) is 7.71. The quantitative estimate of drug-likeness (QED) is 0.613. The van der Waals surface area contributed by atoms with Gasteiger partial charge < -0.3 is 10.2 Å². The molecule has 0 radical (unpaired) electrons. The smallest absolute Gasteiger partial charge is 0.224 e. The van der Waals surface area contributed by atoms with Crippen LogP contribution in [-0.2, 0) is 4.79 Å². The highest BCUT2D eigenvalue weighted by molar-refractivity contribution is 5.78. The SMILES string of the molecule is CC(C)N1C(=O)CC2CC1CN2. The number of carbonyl (C=O) groups excluding carboxylic acids is 1. The molecule has 2 rings (SSSR count). The molecule has 0 aliphatic carbocycles. The third kappa shape index (κ3) is 1.12. The molecule has 0 aromatic rings. The van der Waals surface area contributed by atoms with Gasteiger partial charge in [0.25, 0.3) is 0 Å². The van der Waals surface area contributed by atoms with Gasteiger partial charge >= 0.3 is 0 Å². The second-order valence-electron chi connectivity index (χ2n) is 4.09. The van der Waals surface area contributed by atoms with Gasteiger partial charge in [0.05, 0.1) is 0 Å². The van der Waals surface area contributed by atoms with Crippen LogP contribution in [0.4, 0.5) is 0 Å². The zero-order chi connectivity index (χ0) is 8.72. The third-order valence-electron chi connectivity index (χ3n) is 2.86. The summed E-state index contributed by atoms with van der Waals surface area (Å²) in [7, 11) is 0. The van der Waals surface area contributed by atoms with Crippen LogP contribution in [0, 0.1) is 0 Å². The molecule has 0 spiro atoms. The maximum atomic E-state index is 11.6. The summed E-state index contributed by atoms with van der Waals surface area (Å²) in [6.45, 7) is 5.18. The number of hydrogen-bond donors (Lipinski definition) is 1. The van der Waals surface area contributed by atoms with E-state index in [1.807, 2.05) is 4.90 Å². The number of likely N-dealkylation sites (tertiary alicyclic amines) is 1. The summed E-state index contributed by atoms with van der Waals surface area (Å²) < 4.78 is 0. The molecule has 1 N–H and O–H groups in total. The first-order chi connectivity index (χ1) is 5.68. The molecule has 0 aromatic heterocycles. The van der Waals surface area contributed by atoms with E-state index in [1.165, 1.54) is 0 Å². The maximum absolute atomic E-state index is 11.6. The first-order valence-corrected chi connectivity index (χ1v) is 4.73.